The number of ether oxygens (including phenoxy) is 1. The molecule has 0 radical (unpaired) electrons. The lowest BCUT2D eigenvalue weighted by Gasteiger charge is -1.99. The number of hydrogen-bond donors (Lipinski definition) is 0. The molecule has 18 heavy (non-hydrogen) atoms. The first-order valence-corrected chi connectivity index (χ1v) is 6.61. The average molecular weight is 246 g/mol. The monoisotopic (exact) mass is 246 g/mol. The van der Waals surface area contributed by atoms with Crippen LogP contribution in [-0.4, -0.2) is 12.9 Å². The number of rotatable bonds is 8. The third kappa shape index (κ3) is 5.67. The van der Waals surface area contributed by atoms with E-state index in [1.165, 1.54) is 12.8 Å². The molecular formula is C16H22O2. The van der Waals surface area contributed by atoms with Gasteiger partial charge >= 0.3 is 0 Å². The zero-order chi connectivity index (χ0) is 13.2. The largest absolute Gasteiger partial charge is 0.497 e. The molecule has 1 aromatic carbocycles. The fraction of sp³-hybridized carbons (Fsp3) is 0.438. The van der Waals surface area contributed by atoms with Crippen LogP contribution in [0.2, 0.25) is 0 Å². The molecule has 0 amide bonds. The molecule has 98 valence electrons. The summed E-state index contributed by atoms with van der Waals surface area (Å²) in [7, 11) is 1.64. The first-order chi connectivity index (χ1) is 8.76. The Bertz CT molecular complexity index is 377. The van der Waals surface area contributed by atoms with E-state index in [0.717, 1.165) is 24.2 Å². The van der Waals surface area contributed by atoms with Crippen molar-refractivity contribution in [3.63, 3.8) is 0 Å². The number of benzene rings is 1. The smallest absolute Gasteiger partial charge is 0.155 e. The van der Waals surface area contributed by atoms with Crippen LogP contribution in [0.4, 0.5) is 0 Å². The van der Waals surface area contributed by atoms with E-state index in [0.29, 0.717) is 6.42 Å². The van der Waals surface area contributed by atoms with Crippen LogP contribution < -0.4 is 4.74 Å². The third-order valence-corrected chi connectivity index (χ3v) is 2.85. The van der Waals surface area contributed by atoms with Gasteiger partial charge in [-0.15, -0.1) is 0 Å². The Morgan fingerprint density at radius 2 is 1.89 bits per heavy atom. The van der Waals surface area contributed by atoms with Crippen molar-refractivity contribution >= 4 is 11.9 Å². The lowest BCUT2D eigenvalue weighted by atomic mass is 10.1. The molecule has 0 aliphatic carbocycles. The molecule has 1 aromatic rings. The second kappa shape index (κ2) is 8.51. The number of methoxy groups -OCH3 is 1. The topological polar surface area (TPSA) is 26.3 Å². The summed E-state index contributed by atoms with van der Waals surface area (Å²) in [5.74, 6) is 1.04. The minimum atomic E-state index is 0.210. The molecular weight excluding hydrogens is 224 g/mol. The molecule has 0 saturated heterocycles. The second-order valence-electron chi connectivity index (χ2n) is 4.38. The summed E-state index contributed by atoms with van der Waals surface area (Å²) in [6.45, 7) is 2.17. The Kier molecular flexibility index (Phi) is 6.85. The minimum Gasteiger partial charge on any atom is -0.497 e. The molecule has 0 aliphatic rings. The summed E-state index contributed by atoms with van der Waals surface area (Å²) in [4.78, 5) is 11.6. The Morgan fingerprint density at radius 3 is 2.50 bits per heavy atom. The molecule has 2 nitrogen and oxygen atoms in total. The van der Waals surface area contributed by atoms with E-state index < -0.39 is 0 Å². The molecule has 0 aliphatic heterocycles. The first-order valence-electron chi connectivity index (χ1n) is 6.61. The molecule has 0 unspecified atom stereocenters. The maximum Gasteiger partial charge on any atom is 0.155 e. The Hall–Kier alpha value is -1.57. The van der Waals surface area contributed by atoms with E-state index in [9.17, 15) is 4.79 Å². The molecule has 0 N–H and O–H groups in total. The number of ketones is 1. The number of unbranched alkanes of at least 4 members (excludes halogenated alkanes) is 3. The number of allylic oxidation sites excluding steroid dienone is 1. The highest BCUT2D eigenvalue weighted by Crippen LogP contribution is 2.12. The summed E-state index contributed by atoms with van der Waals surface area (Å²) < 4.78 is 5.08. The predicted molar refractivity (Wildman–Crippen MR) is 75.8 cm³/mol. The van der Waals surface area contributed by atoms with Crippen molar-refractivity contribution in [3.05, 3.63) is 35.9 Å². The van der Waals surface area contributed by atoms with Crippen LogP contribution in [0.15, 0.2) is 30.3 Å². The van der Waals surface area contributed by atoms with Crippen molar-refractivity contribution in [1.82, 2.24) is 0 Å². The van der Waals surface area contributed by atoms with Gasteiger partial charge in [0.15, 0.2) is 5.78 Å². The molecule has 0 atom stereocenters. The standard InChI is InChI=1S/C16H22O2/c1-3-4-5-6-7-15(17)11-8-14-9-12-16(18-2)13-10-14/h8-13H,3-7H2,1-2H3. The van der Waals surface area contributed by atoms with Crippen LogP contribution in [0.25, 0.3) is 6.08 Å². The fourth-order valence-electron chi connectivity index (χ4n) is 1.71. The van der Waals surface area contributed by atoms with Crippen molar-refractivity contribution < 1.29 is 9.53 Å². The van der Waals surface area contributed by atoms with E-state index in [1.807, 2.05) is 30.3 Å². The third-order valence-electron chi connectivity index (χ3n) is 2.85. The number of carbonyl (C=O) groups is 1. The van der Waals surface area contributed by atoms with Gasteiger partial charge in [0.1, 0.15) is 5.75 Å². The van der Waals surface area contributed by atoms with E-state index in [2.05, 4.69) is 6.92 Å². The lowest BCUT2D eigenvalue weighted by Crippen LogP contribution is -1.92. The van der Waals surface area contributed by atoms with Gasteiger partial charge in [0.2, 0.25) is 0 Å². The van der Waals surface area contributed by atoms with Crippen molar-refractivity contribution in [2.45, 2.75) is 39.0 Å². The quantitative estimate of drug-likeness (QED) is 0.506. The van der Waals surface area contributed by atoms with Gasteiger partial charge in [-0.3, -0.25) is 4.79 Å². The molecule has 0 aromatic heterocycles. The molecule has 0 fully saturated rings. The van der Waals surface area contributed by atoms with Crippen LogP contribution in [0, 0.1) is 0 Å². The summed E-state index contributed by atoms with van der Waals surface area (Å²) in [6, 6.07) is 7.68. The van der Waals surface area contributed by atoms with E-state index in [4.69, 9.17) is 4.74 Å². The van der Waals surface area contributed by atoms with Gasteiger partial charge in [0.05, 0.1) is 7.11 Å². The van der Waals surface area contributed by atoms with Crippen LogP contribution in [-0.2, 0) is 4.79 Å². The van der Waals surface area contributed by atoms with Gasteiger partial charge in [-0.1, -0.05) is 44.4 Å². The molecule has 0 spiro atoms. The Morgan fingerprint density at radius 1 is 1.17 bits per heavy atom. The van der Waals surface area contributed by atoms with Crippen LogP contribution in [0.3, 0.4) is 0 Å². The van der Waals surface area contributed by atoms with Gasteiger partial charge < -0.3 is 4.74 Å². The fourth-order valence-corrected chi connectivity index (χ4v) is 1.71. The highest BCUT2D eigenvalue weighted by Gasteiger charge is 1.97. The predicted octanol–water partition coefficient (Wildman–Crippen LogP) is 4.25. The zero-order valence-corrected chi connectivity index (χ0v) is 11.3. The maximum absolute atomic E-state index is 11.6. The average Bonchev–Trinajstić information content (AvgIpc) is 2.42. The SMILES string of the molecule is CCCCCCC(=O)C=Cc1ccc(OC)cc1. The Balaban J connectivity index is 2.35. The summed E-state index contributed by atoms with van der Waals surface area (Å²) in [6.07, 6.45) is 8.77. The molecule has 2 heteroatoms. The molecule has 0 bridgehead atoms. The first kappa shape index (κ1) is 14.5. The summed E-state index contributed by atoms with van der Waals surface area (Å²) in [5, 5.41) is 0. The highest BCUT2D eigenvalue weighted by atomic mass is 16.5. The molecule has 0 saturated carbocycles. The minimum absolute atomic E-state index is 0.210. The number of hydrogen-bond acceptors (Lipinski definition) is 2. The van der Waals surface area contributed by atoms with Gasteiger partial charge in [0, 0.05) is 6.42 Å². The van der Waals surface area contributed by atoms with E-state index in [1.54, 1.807) is 13.2 Å². The zero-order valence-electron chi connectivity index (χ0n) is 11.3. The molecule has 0 heterocycles. The van der Waals surface area contributed by atoms with Gasteiger partial charge in [-0.25, -0.2) is 0 Å². The maximum atomic E-state index is 11.6. The van der Waals surface area contributed by atoms with Gasteiger partial charge in [0.25, 0.3) is 0 Å². The van der Waals surface area contributed by atoms with E-state index in [-0.39, 0.29) is 5.78 Å². The van der Waals surface area contributed by atoms with Gasteiger partial charge in [-0.2, -0.15) is 0 Å². The van der Waals surface area contributed by atoms with Crippen LogP contribution in [0.1, 0.15) is 44.6 Å². The van der Waals surface area contributed by atoms with Crippen molar-refractivity contribution in [1.29, 1.82) is 0 Å². The van der Waals surface area contributed by atoms with Crippen molar-refractivity contribution in [3.8, 4) is 5.75 Å². The molecule has 1 rings (SSSR count). The lowest BCUT2D eigenvalue weighted by molar-refractivity contribution is -0.114. The number of carbonyl (C=O) groups excluding carboxylic acids is 1. The summed E-state index contributed by atoms with van der Waals surface area (Å²) >= 11 is 0. The second-order valence-corrected chi connectivity index (χ2v) is 4.38. The van der Waals surface area contributed by atoms with Crippen molar-refractivity contribution in [2.24, 2.45) is 0 Å². The van der Waals surface area contributed by atoms with Crippen molar-refractivity contribution in [2.75, 3.05) is 7.11 Å². The van der Waals surface area contributed by atoms with E-state index >= 15 is 0 Å². The van der Waals surface area contributed by atoms with Crippen LogP contribution >= 0.6 is 0 Å². The highest BCUT2D eigenvalue weighted by molar-refractivity contribution is 5.93. The summed E-state index contributed by atoms with van der Waals surface area (Å²) in [5.41, 5.74) is 1.03. The normalized spacial score (nSPS) is 10.8. The van der Waals surface area contributed by atoms with Crippen LogP contribution in [0.5, 0.6) is 5.75 Å². The van der Waals surface area contributed by atoms with Gasteiger partial charge in [-0.05, 0) is 30.2 Å². The Labute approximate surface area is 110 Å².